The fourth-order valence-corrected chi connectivity index (χ4v) is 1.08. The van der Waals surface area contributed by atoms with E-state index in [9.17, 15) is 0 Å². The van der Waals surface area contributed by atoms with Crippen molar-refractivity contribution in [3.63, 3.8) is 0 Å². The van der Waals surface area contributed by atoms with Crippen molar-refractivity contribution in [1.29, 1.82) is 5.26 Å². The van der Waals surface area contributed by atoms with Crippen molar-refractivity contribution in [2.24, 2.45) is 0 Å². The molecule has 0 aliphatic carbocycles. The maximum atomic E-state index is 8.70. The molecule has 0 N–H and O–H groups in total. The zero-order valence-corrected chi connectivity index (χ0v) is 8.02. The third-order valence-corrected chi connectivity index (χ3v) is 2.15. The van der Waals surface area contributed by atoms with Crippen LogP contribution < -0.4 is 0 Å². The molecule has 0 spiro atoms. The first-order valence-corrected chi connectivity index (χ1v) is 4.18. The molecule has 1 atom stereocenters. The molecule has 1 nitrogen and oxygen atoms in total. The highest BCUT2D eigenvalue weighted by molar-refractivity contribution is 6.30. The second-order valence-electron chi connectivity index (χ2n) is 2.62. The number of alkyl halides is 1. The van der Waals surface area contributed by atoms with E-state index in [1.165, 1.54) is 0 Å². The van der Waals surface area contributed by atoms with Gasteiger partial charge >= 0.3 is 0 Å². The van der Waals surface area contributed by atoms with Gasteiger partial charge in [-0.05, 0) is 24.6 Å². The Morgan fingerprint density at radius 2 is 1.83 bits per heavy atom. The van der Waals surface area contributed by atoms with Gasteiger partial charge in [0.15, 0.2) is 4.87 Å². The fourth-order valence-electron chi connectivity index (χ4n) is 0.827. The molecule has 0 radical (unpaired) electrons. The number of halogens is 2. The lowest BCUT2D eigenvalue weighted by Crippen LogP contribution is -2.09. The van der Waals surface area contributed by atoms with Crippen LogP contribution in [0.3, 0.4) is 0 Å². The fraction of sp³-hybridized carbons (Fsp3) is 0.222. The van der Waals surface area contributed by atoms with E-state index in [1.807, 2.05) is 6.07 Å². The van der Waals surface area contributed by atoms with Gasteiger partial charge in [-0.3, -0.25) is 0 Å². The largest absolute Gasteiger partial charge is 0.196 e. The van der Waals surface area contributed by atoms with Gasteiger partial charge in [-0.25, -0.2) is 0 Å². The summed E-state index contributed by atoms with van der Waals surface area (Å²) >= 11 is 11.6. The zero-order valence-electron chi connectivity index (χ0n) is 6.51. The summed E-state index contributed by atoms with van der Waals surface area (Å²) in [6.07, 6.45) is 0. The first-order chi connectivity index (χ1) is 5.56. The molecule has 0 aromatic heterocycles. The summed E-state index contributed by atoms with van der Waals surface area (Å²) in [5.41, 5.74) is 0.760. The van der Waals surface area contributed by atoms with E-state index < -0.39 is 4.87 Å². The van der Waals surface area contributed by atoms with Gasteiger partial charge in [0.25, 0.3) is 0 Å². The molecule has 1 aromatic rings. The highest BCUT2D eigenvalue weighted by Gasteiger charge is 2.21. The van der Waals surface area contributed by atoms with Crippen molar-refractivity contribution in [2.45, 2.75) is 11.8 Å². The normalized spacial score (nSPS) is 14.8. The Labute approximate surface area is 81.5 Å². The Morgan fingerprint density at radius 3 is 2.25 bits per heavy atom. The van der Waals surface area contributed by atoms with Crippen molar-refractivity contribution in [3.8, 4) is 6.07 Å². The van der Waals surface area contributed by atoms with Gasteiger partial charge < -0.3 is 0 Å². The van der Waals surface area contributed by atoms with Crippen molar-refractivity contribution in [3.05, 3.63) is 34.9 Å². The van der Waals surface area contributed by atoms with Crippen LogP contribution in [-0.2, 0) is 4.87 Å². The molecule has 3 heteroatoms. The smallest absolute Gasteiger partial charge is 0.153 e. The van der Waals surface area contributed by atoms with Crippen LogP contribution in [0.5, 0.6) is 0 Å². The van der Waals surface area contributed by atoms with Gasteiger partial charge in [0.2, 0.25) is 0 Å². The van der Waals surface area contributed by atoms with Crippen LogP contribution in [-0.4, -0.2) is 0 Å². The molecule has 0 aliphatic heterocycles. The summed E-state index contributed by atoms with van der Waals surface area (Å²) in [5.74, 6) is 0. The van der Waals surface area contributed by atoms with Crippen LogP contribution in [0, 0.1) is 11.3 Å². The summed E-state index contributed by atoms with van der Waals surface area (Å²) in [7, 11) is 0. The van der Waals surface area contributed by atoms with Crippen LogP contribution >= 0.6 is 23.2 Å². The first kappa shape index (κ1) is 9.38. The molecule has 0 bridgehead atoms. The van der Waals surface area contributed by atoms with E-state index in [2.05, 4.69) is 0 Å². The lowest BCUT2D eigenvalue weighted by Gasteiger charge is -2.12. The van der Waals surface area contributed by atoms with Gasteiger partial charge in [-0.2, -0.15) is 5.26 Å². The Kier molecular flexibility index (Phi) is 2.62. The molecule has 0 amide bonds. The Bertz CT molecular complexity index is 308. The van der Waals surface area contributed by atoms with Gasteiger partial charge in [0.1, 0.15) is 0 Å². The molecular formula is C9H7Cl2N. The van der Waals surface area contributed by atoms with E-state index in [4.69, 9.17) is 28.5 Å². The van der Waals surface area contributed by atoms with Crippen molar-refractivity contribution in [2.75, 3.05) is 0 Å². The van der Waals surface area contributed by atoms with E-state index in [1.54, 1.807) is 31.2 Å². The number of hydrogen-bond acceptors (Lipinski definition) is 1. The lowest BCUT2D eigenvalue weighted by molar-refractivity contribution is 0.879. The zero-order chi connectivity index (χ0) is 9.19. The molecule has 0 aliphatic rings. The third kappa shape index (κ3) is 1.91. The van der Waals surface area contributed by atoms with Gasteiger partial charge in [-0.1, -0.05) is 35.3 Å². The Morgan fingerprint density at radius 1 is 1.33 bits per heavy atom. The van der Waals surface area contributed by atoms with Gasteiger partial charge in [-0.15, -0.1) is 0 Å². The molecular weight excluding hydrogens is 193 g/mol. The monoisotopic (exact) mass is 199 g/mol. The minimum atomic E-state index is -0.954. The first-order valence-electron chi connectivity index (χ1n) is 3.42. The number of nitrogens with zero attached hydrogens (tertiary/aromatic N) is 1. The molecule has 0 heterocycles. The van der Waals surface area contributed by atoms with E-state index in [-0.39, 0.29) is 0 Å². The Balaban J connectivity index is 3.07. The number of rotatable bonds is 1. The maximum absolute atomic E-state index is 8.70. The minimum Gasteiger partial charge on any atom is -0.196 e. The van der Waals surface area contributed by atoms with Crippen molar-refractivity contribution < 1.29 is 0 Å². The van der Waals surface area contributed by atoms with Crippen LogP contribution in [0.15, 0.2) is 24.3 Å². The summed E-state index contributed by atoms with van der Waals surface area (Å²) in [6.45, 7) is 1.65. The van der Waals surface area contributed by atoms with Crippen LogP contribution in [0.1, 0.15) is 12.5 Å². The Hall–Kier alpha value is -0.710. The van der Waals surface area contributed by atoms with Crippen LogP contribution in [0.25, 0.3) is 0 Å². The van der Waals surface area contributed by atoms with Crippen molar-refractivity contribution >= 4 is 23.2 Å². The molecule has 0 saturated carbocycles. The molecule has 62 valence electrons. The second kappa shape index (κ2) is 3.35. The summed E-state index contributed by atoms with van der Waals surface area (Å²) in [6, 6.07) is 8.93. The summed E-state index contributed by atoms with van der Waals surface area (Å²) in [4.78, 5) is -0.954. The highest BCUT2D eigenvalue weighted by Crippen LogP contribution is 2.28. The van der Waals surface area contributed by atoms with Crippen LogP contribution in [0.4, 0.5) is 0 Å². The van der Waals surface area contributed by atoms with E-state index in [0.717, 1.165) is 5.56 Å². The summed E-state index contributed by atoms with van der Waals surface area (Å²) in [5, 5.41) is 9.34. The van der Waals surface area contributed by atoms with Crippen molar-refractivity contribution in [1.82, 2.24) is 0 Å². The van der Waals surface area contributed by atoms with Gasteiger partial charge in [0.05, 0.1) is 6.07 Å². The molecule has 1 aromatic carbocycles. The van der Waals surface area contributed by atoms with Gasteiger partial charge in [0, 0.05) is 5.02 Å². The average molecular weight is 200 g/mol. The van der Waals surface area contributed by atoms with Crippen LogP contribution in [0.2, 0.25) is 5.02 Å². The quantitative estimate of drug-likeness (QED) is 0.638. The molecule has 1 rings (SSSR count). The summed E-state index contributed by atoms with van der Waals surface area (Å²) < 4.78 is 0. The minimum absolute atomic E-state index is 0.643. The lowest BCUT2D eigenvalue weighted by atomic mass is 10.0. The molecule has 0 saturated heterocycles. The topological polar surface area (TPSA) is 23.8 Å². The molecule has 12 heavy (non-hydrogen) atoms. The second-order valence-corrected chi connectivity index (χ2v) is 3.81. The predicted molar refractivity (Wildman–Crippen MR) is 50.3 cm³/mol. The molecule has 1 unspecified atom stereocenters. The molecule has 0 fully saturated rings. The average Bonchev–Trinajstić information content (AvgIpc) is 2.05. The predicted octanol–water partition coefficient (Wildman–Crippen LogP) is 3.32. The number of hydrogen-bond donors (Lipinski definition) is 0. The SMILES string of the molecule is CC(Cl)(C#N)c1ccc(Cl)cc1. The standard InChI is InChI=1S/C9H7Cl2N/c1-9(11,6-12)7-2-4-8(10)5-3-7/h2-5H,1H3. The number of nitriles is 1. The van der Waals surface area contributed by atoms with E-state index >= 15 is 0 Å². The third-order valence-electron chi connectivity index (χ3n) is 1.60. The number of benzene rings is 1. The maximum Gasteiger partial charge on any atom is 0.153 e. The van der Waals surface area contributed by atoms with E-state index in [0.29, 0.717) is 5.02 Å². The highest BCUT2D eigenvalue weighted by atomic mass is 35.5.